The lowest BCUT2D eigenvalue weighted by molar-refractivity contribution is 0.0697. The van der Waals surface area contributed by atoms with Crippen LogP contribution in [0.4, 0.5) is 4.39 Å². The van der Waals surface area contributed by atoms with Crippen molar-refractivity contribution in [1.29, 1.82) is 5.26 Å². The number of carboxylic acid groups (broad SMARTS) is 1. The van der Waals surface area contributed by atoms with Crippen LogP contribution in [0.2, 0.25) is 0 Å². The van der Waals surface area contributed by atoms with E-state index in [-0.39, 0.29) is 18.0 Å². The van der Waals surface area contributed by atoms with Crippen LogP contribution >= 0.6 is 22.6 Å². The molecule has 0 aliphatic rings. The van der Waals surface area contributed by atoms with E-state index in [1.165, 1.54) is 24.3 Å². The van der Waals surface area contributed by atoms with Gasteiger partial charge in [0.2, 0.25) is 0 Å². The standard InChI is InChI=1S/C25H19FINO4/c1-2-31-23-13-17(11-20(14-28)18-5-7-19(8-6-18)25(29)30)12-22(27)24(23)32-15-16-3-9-21(26)10-4-16/h3-13H,2,15H2,1H3,(H,29,30)/b20-11-. The van der Waals surface area contributed by atoms with Gasteiger partial charge in [-0.05, 0) is 88.7 Å². The number of halogens is 2. The lowest BCUT2D eigenvalue weighted by Crippen LogP contribution is -2.02. The third-order valence-electron chi connectivity index (χ3n) is 4.50. The summed E-state index contributed by atoms with van der Waals surface area (Å²) in [5.74, 6) is -0.226. The average Bonchev–Trinajstić information content (AvgIpc) is 2.78. The molecule has 0 unspecified atom stereocenters. The Kier molecular flexibility index (Phi) is 7.84. The van der Waals surface area contributed by atoms with E-state index in [2.05, 4.69) is 28.7 Å². The third kappa shape index (κ3) is 5.86. The summed E-state index contributed by atoms with van der Waals surface area (Å²) in [5.41, 5.74) is 2.72. The highest BCUT2D eigenvalue weighted by Crippen LogP contribution is 2.36. The minimum Gasteiger partial charge on any atom is -0.490 e. The average molecular weight is 543 g/mol. The zero-order valence-electron chi connectivity index (χ0n) is 17.1. The van der Waals surface area contributed by atoms with Crippen molar-refractivity contribution in [2.24, 2.45) is 0 Å². The van der Waals surface area contributed by atoms with Crippen LogP contribution < -0.4 is 9.47 Å². The molecule has 0 fully saturated rings. The number of nitrogens with zero attached hydrogens (tertiary/aromatic N) is 1. The molecular weight excluding hydrogens is 524 g/mol. The molecule has 162 valence electrons. The number of allylic oxidation sites excluding steroid dienone is 1. The Labute approximate surface area is 198 Å². The fourth-order valence-corrected chi connectivity index (χ4v) is 3.73. The predicted molar refractivity (Wildman–Crippen MR) is 128 cm³/mol. The van der Waals surface area contributed by atoms with Crippen LogP contribution in [0.15, 0.2) is 60.7 Å². The van der Waals surface area contributed by atoms with E-state index in [0.717, 1.165) is 14.7 Å². The van der Waals surface area contributed by atoms with Crippen molar-refractivity contribution in [1.82, 2.24) is 0 Å². The Hall–Kier alpha value is -3.38. The molecule has 0 saturated heterocycles. The lowest BCUT2D eigenvalue weighted by Gasteiger charge is -2.15. The second-order valence-electron chi connectivity index (χ2n) is 6.73. The first-order valence-corrected chi connectivity index (χ1v) is 10.8. The van der Waals surface area contributed by atoms with Gasteiger partial charge in [-0.15, -0.1) is 0 Å². The van der Waals surface area contributed by atoms with Crippen LogP contribution in [0.25, 0.3) is 11.6 Å². The lowest BCUT2D eigenvalue weighted by atomic mass is 10.0. The van der Waals surface area contributed by atoms with Gasteiger partial charge in [-0.1, -0.05) is 24.3 Å². The minimum atomic E-state index is -1.02. The summed E-state index contributed by atoms with van der Waals surface area (Å²) in [6.45, 7) is 2.55. The van der Waals surface area contributed by atoms with Crippen LogP contribution in [0.1, 0.15) is 34.0 Å². The molecule has 0 atom stereocenters. The zero-order chi connectivity index (χ0) is 23.1. The molecule has 0 aromatic heterocycles. The number of hydrogen-bond acceptors (Lipinski definition) is 4. The molecule has 7 heteroatoms. The summed E-state index contributed by atoms with van der Waals surface area (Å²) in [5, 5.41) is 18.7. The van der Waals surface area contributed by atoms with Gasteiger partial charge >= 0.3 is 5.97 Å². The SMILES string of the molecule is CCOc1cc(/C=C(/C#N)c2ccc(C(=O)O)cc2)cc(I)c1OCc1ccc(F)cc1. The maximum absolute atomic E-state index is 13.1. The first-order chi connectivity index (χ1) is 15.4. The molecule has 0 spiro atoms. The van der Waals surface area contributed by atoms with Crippen LogP contribution in [0.3, 0.4) is 0 Å². The Morgan fingerprint density at radius 3 is 2.34 bits per heavy atom. The van der Waals surface area contributed by atoms with Gasteiger partial charge in [0.15, 0.2) is 11.5 Å². The Morgan fingerprint density at radius 2 is 1.75 bits per heavy atom. The van der Waals surface area contributed by atoms with Crippen LogP contribution in [-0.2, 0) is 6.61 Å². The largest absolute Gasteiger partial charge is 0.490 e. The number of rotatable bonds is 8. The number of ether oxygens (including phenoxy) is 2. The molecule has 1 N–H and O–H groups in total. The number of hydrogen-bond donors (Lipinski definition) is 1. The smallest absolute Gasteiger partial charge is 0.335 e. The van der Waals surface area contributed by atoms with E-state index < -0.39 is 5.97 Å². The number of aromatic carboxylic acids is 1. The molecule has 3 aromatic carbocycles. The number of nitriles is 1. The quantitative estimate of drug-likeness (QED) is 0.209. The molecule has 0 heterocycles. The predicted octanol–water partition coefficient (Wildman–Crippen LogP) is 6.17. The monoisotopic (exact) mass is 543 g/mol. The van der Waals surface area contributed by atoms with E-state index in [0.29, 0.717) is 29.2 Å². The highest BCUT2D eigenvalue weighted by atomic mass is 127. The van der Waals surface area contributed by atoms with E-state index in [9.17, 15) is 14.4 Å². The van der Waals surface area contributed by atoms with Crippen molar-refractivity contribution in [2.45, 2.75) is 13.5 Å². The fraction of sp³-hybridized carbons (Fsp3) is 0.120. The number of carboxylic acids is 1. The fourth-order valence-electron chi connectivity index (χ4n) is 2.95. The van der Waals surface area contributed by atoms with Crippen LogP contribution in [-0.4, -0.2) is 17.7 Å². The van der Waals surface area contributed by atoms with Gasteiger partial charge in [-0.25, -0.2) is 9.18 Å². The van der Waals surface area contributed by atoms with Gasteiger partial charge in [0, 0.05) is 0 Å². The maximum Gasteiger partial charge on any atom is 0.335 e. The number of benzene rings is 3. The molecule has 5 nitrogen and oxygen atoms in total. The summed E-state index contributed by atoms with van der Waals surface area (Å²) in [7, 11) is 0. The van der Waals surface area contributed by atoms with Crippen molar-refractivity contribution in [2.75, 3.05) is 6.61 Å². The normalized spacial score (nSPS) is 11.0. The second-order valence-corrected chi connectivity index (χ2v) is 7.89. The summed E-state index contributed by atoms with van der Waals surface area (Å²) < 4.78 is 25.6. The first-order valence-electron chi connectivity index (χ1n) is 9.70. The van der Waals surface area contributed by atoms with Crippen molar-refractivity contribution in [3.8, 4) is 17.6 Å². The van der Waals surface area contributed by atoms with E-state index in [4.69, 9.17) is 14.6 Å². The molecule has 0 aliphatic heterocycles. The van der Waals surface area contributed by atoms with Crippen molar-refractivity contribution < 1.29 is 23.8 Å². The highest BCUT2D eigenvalue weighted by Gasteiger charge is 2.13. The summed E-state index contributed by atoms with van der Waals surface area (Å²) in [6, 6.07) is 18.0. The molecular formula is C25H19FINO4. The molecule has 0 amide bonds. The Bertz CT molecular complexity index is 1180. The number of carbonyl (C=O) groups is 1. The summed E-state index contributed by atoms with van der Waals surface area (Å²) in [4.78, 5) is 11.0. The van der Waals surface area contributed by atoms with Crippen molar-refractivity contribution in [3.63, 3.8) is 0 Å². The van der Waals surface area contributed by atoms with Gasteiger partial charge in [0.25, 0.3) is 0 Å². The van der Waals surface area contributed by atoms with E-state index >= 15 is 0 Å². The van der Waals surface area contributed by atoms with Crippen LogP contribution in [0, 0.1) is 20.7 Å². The van der Waals surface area contributed by atoms with Crippen molar-refractivity contribution >= 4 is 40.2 Å². The Balaban J connectivity index is 1.90. The Morgan fingerprint density at radius 1 is 1.09 bits per heavy atom. The van der Waals surface area contributed by atoms with E-state index in [1.807, 2.05) is 13.0 Å². The maximum atomic E-state index is 13.1. The molecule has 32 heavy (non-hydrogen) atoms. The van der Waals surface area contributed by atoms with Gasteiger partial charge in [0.05, 0.1) is 27.4 Å². The molecule has 0 saturated carbocycles. The molecule has 3 rings (SSSR count). The minimum absolute atomic E-state index is 0.155. The van der Waals surface area contributed by atoms with Crippen LogP contribution in [0.5, 0.6) is 11.5 Å². The molecule has 0 radical (unpaired) electrons. The van der Waals surface area contributed by atoms with Gasteiger partial charge in [-0.2, -0.15) is 5.26 Å². The zero-order valence-corrected chi connectivity index (χ0v) is 19.3. The van der Waals surface area contributed by atoms with Gasteiger partial charge in [-0.3, -0.25) is 0 Å². The first kappa shape index (κ1) is 23.3. The highest BCUT2D eigenvalue weighted by molar-refractivity contribution is 14.1. The van der Waals surface area contributed by atoms with Crippen molar-refractivity contribution in [3.05, 3.63) is 92.3 Å². The van der Waals surface area contributed by atoms with Gasteiger partial charge in [0.1, 0.15) is 12.4 Å². The molecule has 0 aliphatic carbocycles. The van der Waals surface area contributed by atoms with E-state index in [1.54, 1.807) is 36.4 Å². The second kappa shape index (κ2) is 10.8. The molecule has 0 bridgehead atoms. The summed E-state index contributed by atoms with van der Waals surface area (Å²) >= 11 is 2.14. The topological polar surface area (TPSA) is 79.5 Å². The van der Waals surface area contributed by atoms with Gasteiger partial charge < -0.3 is 14.6 Å². The summed E-state index contributed by atoms with van der Waals surface area (Å²) in [6.07, 6.45) is 1.71. The third-order valence-corrected chi connectivity index (χ3v) is 5.30. The molecule has 3 aromatic rings.